The van der Waals surface area contributed by atoms with Crippen LogP contribution in [-0.2, 0) is 0 Å². The SMILES string of the molecule is CC(C)C(NC(=O)c1cc(-c2ccccc2)nc2c1cnn2C(C)C)c1nc(C2CC2)no1. The molecule has 1 N–H and O–H groups in total. The van der Waals surface area contributed by atoms with Crippen LogP contribution in [0.3, 0.4) is 0 Å². The van der Waals surface area contributed by atoms with Gasteiger partial charge >= 0.3 is 0 Å². The van der Waals surface area contributed by atoms with Gasteiger partial charge in [-0.2, -0.15) is 10.1 Å². The van der Waals surface area contributed by atoms with Gasteiger partial charge in [-0.25, -0.2) is 9.67 Å². The molecule has 1 aliphatic rings. The first-order valence-electron chi connectivity index (χ1n) is 11.5. The Labute approximate surface area is 192 Å². The number of nitrogens with zero attached hydrogens (tertiary/aromatic N) is 5. The summed E-state index contributed by atoms with van der Waals surface area (Å²) in [4.78, 5) is 23.0. The van der Waals surface area contributed by atoms with Crippen molar-refractivity contribution in [3.05, 3.63) is 59.9 Å². The summed E-state index contributed by atoms with van der Waals surface area (Å²) in [5, 5.41) is 12.5. The zero-order valence-corrected chi connectivity index (χ0v) is 19.3. The topological polar surface area (TPSA) is 98.7 Å². The standard InChI is InChI=1S/C25H28N6O2/c1-14(2)21(25-29-22(30-33-25)17-10-11-17)28-24(32)18-12-20(16-8-6-5-7-9-16)27-23-19(18)13-26-31(23)15(3)4/h5-9,12-15,17,21H,10-11H2,1-4H3,(H,28,32). The Kier molecular flexibility index (Phi) is 5.44. The van der Waals surface area contributed by atoms with Gasteiger partial charge in [0.15, 0.2) is 11.5 Å². The largest absolute Gasteiger partial charge is 0.340 e. The van der Waals surface area contributed by atoms with Crippen molar-refractivity contribution in [2.45, 2.75) is 58.5 Å². The molecule has 33 heavy (non-hydrogen) atoms. The highest BCUT2D eigenvalue weighted by Crippen LogP contribution is 2.39. The van der Waals surface area contributed by atoms with E-state index in [2.05, 4.69) is 20.6 Å². The molecule has 3 aromatic heterocycles. The molecule has 1 atom stereocenters. The van der Waals surface area contributed by atoms with E-state index in [0.717, 1.165) is 29.9 Å². The van der Waals surface area contributed by atoms with Crippen LogP contribution in [0.4, 0.5) is 0 Å². The highest BCUT2D eigenvalue weighted by atomic mass is 16.5. The van der Waals surface area contributed by atoms with Crippen molar-refractivity contribution in [1.82, 2.24) is 30.2 Å². The van der Waals surface area contributed by atoms with Gasteiger partial charge in [-0.3, -0.25) is 4.79 Å². The van der Waals surface area contributed by atoms with Gasteiger partial charge in [-0.15, -0.1) is 0 Å². The minimum Gasteiger partial charge on any atom is -0.340 e. The van der Waals surface area contributed by atoms with Crippen LogP contribution >= 0.6 is 0 Å². The van der Waals surface area contributed by atoms with Crippen molar-refractivity contribution in [1.29, 1.82) is 0 Å². The average Bonchev–Trinajstić information content (AvgIpc) is 3.38. The Balaban J connectivity index is 1.54. The summed E-state index contributed by atoms with van der Waals surface area (Å²) in [5.41, 5.74) is 2.88. The van der Waals surface area contributed by atoms with E-state index in [9.17, 15) is 4.79 Å². The monoisotopic (exact) mass is 444 g/mol. The molecule has 1 aliphatic carbocycles. The second-order valence-electron chi connectivity index (χ2n) is 9.30. The Hall–Kier alpha value is -3.55. The van der Waals surface area contributed by atoms with Gasteiger partial charge in [0, 0.05) is 17.5 Å². The maximum absolute atomic E-state index is 13.6. The fourth-order valence-corrected chi connectivity index (χ4v) is 3.95. The van der Waals surface area contributed by atoms with Crippen LogP contribution in [0.5, 0.6) is 0 Å². The third kappa shape index (κ3) is 4.13. The highest BCUT2D eigenvalue weighted by molar-refractivity contribution is 6.06. The van der Waals surface area contributed by atoms with Crippen LogP contribution in [0.25, 0.3) is 22.3 Å². The Morgan fingerprint density at radius 1 is 1.12 bits per heavy atom. The van der Waals surface area contributed by atoms with E-state index in [4.69, 9.17) is 9.51 Å². The van der Waals surface area contributed by atoms with E-state index >= 15 is 0 Å². The van der Waals surface area contributed by atoms with Crippen molar-refractivity contribution < 1.29 is 9.32 Å². The molecule has 0 bridgehead atoms. The number of pyridine rings is 1. The summed E-state index contributed by atoms with van der Waals surface area (Å²) in [7, 11) is 0. The Morgan fingerprint density at radius 3 is 2.55 bits per heavy atom. The van der Waals surface area contributed by atoms with Gasteiger partial charge in [-0.1, -0.05) is 49.3 Å². The molecule has 1 fully saturated rings. The lowest BCUT2D eigenvalue weighted by atomic mass is 10.0. The molecule has 8 nitrogen and oxygen atoms in total. The predicted molar refractivity (Wildman–Crippen MR) is 125 cm³/mol. The molecule has 8 heteroatoms. The van der Waals surface area contributed by atoms with Gasteiger partial charge in [-0.05, 0) is 38.7 Å². The zero-order valence-electron chi connectivity index (χ0n) is 19.3. The van der Waals surface area contributed by atoms with E-state index < -0.39 is 0 Å². The number of benzene rings is 1. The Bertz CT molecular complexity index is 1290. The van der Waals surface area contributed by atoms with E-state index in [-0.39, 0.29) is 23.9 Å². The van der Waals surface area contributed by atoms with E-state index in [0.29, 0.717) is 28.4 Å². The zero-order chi connectivity index (χ0) is 23.1. The molecule has 0 aliphatic heterocycles. The summed E-state index contributed by atoms with van der Waals surface area (Å²) in [5.74, 6) is 1.44. The number of amides is 1. The van der Waals surface area contributed by atoms with Crippen molar-refractivity contribution in [3.63, 3.8) is 0 Å². The molecule has 5 rings (SSSR count). The third-order valence-corrected chi connectivity index (χ3v) is 5.99. The normalized spacial score (nSPS) is 14.8. The van der Waals surface area contributed by atoms with Crippen LogP contribution in [-0.4, -0.2) is 30.8 Å². The first kappa shape index (κ1) is 21.3. The lowest BCUT2D eigenvalue weighted by molar-refractivity contribution is 0.0915. The quantitative estimate of drug-likeness (QED) is 0.427. The third-order valence-electron chi connectivity index (χ3n) is 5.99. The molecule has 1 saturated carbocycles. The predicted octanol–water partition coefficient (Wildman–Crippen LogP) is 5.07. The highest BCUT2D eigenvalue weighted by Gasteiger charge is 2.32. The fourth-order valence-electron chi connectivity index (χ4n) is 3.95. The number of hydrogen-bond donors (Lipinski definition) is 1. The molecule has 1 amide bonds. The lowest BCUT2D eigenvalue weighted by Crippen LogP contribution is -2.32. The fraction of sp³-hybridized carbons (Fsp3) is 0.400. The number of carbonyl (C=O) groups excluding carboxylic acids is 1. The van der Waals surface area contributed by atoms with Crippen LogP contribution in [0.2, 0.25) is 0 Å². The second-order valence-corrected chi connectivity index (χ2v) is 9.30. The van der Waals surface area contributed by atoms with Crippen LogP contribution in [0.1, 0.15) is 80.6 Å². The first-order valence-corrected chi connectivity index (χ1v) is 11.5. The minimum atomic E-state index is -0.388. The summed E-state index contributed by atoms with van der Waals surface area (Å²) in [6.07, 6.45) is 3.90. The molecular formula is C25H28N6O2. The molecule has 0 saturated heterocycles. The average molecular weight is 445 g/mol. The molecule has 0 spiro atoms. The lowest BCUT2D eigenvalue weighted by Gasteiger charge is -2.19. The van der Waals surface area contributed by atoms with E-state index in [1.165, 1.54) is 0 Å². The van der Waals surface area contributed by atoms with Crippen LogP contribution in [0.15, 0.2) is 47.1 Å². The Morgan fingerprint density at radius 2 is 1.88 bits per heavy atom. The van der Waals surface area contributed by atoms with Gasteiger partial charge in [0.05, 0.1) is 22.8 Å². The van der Waals surface area contributed by atoms with Crippen LogP contribution in [0, 0.1) is 5.92 Å². The number of aromatic nitrogens is 5. The van der Waals surface area contributed by atoms with Gasteiger partial charge in [0.2, 0.25) is 5.89 Å². The molecule has 1 unspecified atom stereocenters. The summed E-state index contributed by atoms with van der Waals surface area (Å²) in [6, 6.07) is 11.4. The molecule has 1 aromatic carbocycles. The van der Waals surface area contributed by atoms with E-state index in [1.807, 2.05) is 68.8 Å². The molecule has 4 aromatic rings. The molecule has 3 heterocycles. The van der Waals surface area contributed by atoms with Gasteiger partial charge in [0.1, 0.15) is 6.04 Å². The van der Waals surface area contributed by atoms with E-state index in [1.54, 1.807) is 6.20 Å². The minimum absolute atomic E-state index is 0.0748. The number of fused-ring (bicyclic) bond motifs is 1. The maximum Gasteiger partial charge on any atom is 0.252 e. The van der Waals surface area contributed by atoms with Crippen molar-refractivity contribution in [2.24, 2.45) is 5.92 Å². The summed E-state index contributed by atoms with van der Waals surface area (Å²) < 4.78 is 7.38. The smallest absolute Gasteiger partial charge is 0.252 e. The second kappa shape index (κ2) is 8.42. The van der Waals surface area contributed by atoms with Crippen molar-refractivity contribution in [2.75, 3.05) is 0 Å². The van der Waals surface area contributed by atoms with Gasteiger partial charge in [0.25, 0.3) is 5.91 Å². The molecular weight excluding hydrogens is 416 g/mol. The van der Waals surface area contributed by atoms with Crippen molar-refractivity contribution >= 4 is 16.9 Å². The number of carbonyl (C=O) groups is 1. The first-order chi connectivity index (χ1) is 15.9. The summed E-state index contributed by atoms with van der Waals surface area (Å²) in [6.45, 7) is 8.15. The number of rotatable bonds is 7. The van der Waals surface area contributed by atoms with Crippen molar-refractivity contribution in [3.8, 4) is 11.3 Å². The van der Waals surface area contributed by atoms with Gasteiger partial charge < -0.3 is 9.84 Å². The maximum atomic E-state index is 13.6. The summed E-state index contributed by atoms with van der Waals surface area (Å²) >= 11 is 0. The number of nitrogens with one attached hydrogen (secondary N) is 1. The molecule has 170 valence electrons. The molecule has 0 radical (unpaired) electrons. The number of hydrogen-bond acceptors (Lipinski definition) is 6. The van der Waals surface area contributed by atoms with Crippen LogP contribution < -0.4 is 5.32 Å².